The third-order valence-corrected chi connectivity index (χ3v) is 2.18. The van der Waals surface area contributed by atoms with Gasteiger partial charge in [-0.1, -0.05) is 36.4 Å². The van der Waals surface area contributed by atoms with E-state index in [0.717, 1.165) is 5.56 Å². The molecule has 80 valence electrons. The lowest BCUT2D eigenvalue weighted by Gasteiger charge is -2.20. The molecule has 1 unspecified atom stereocenters. The molecule has 1 N–H and O–H groups in total. The number of hydrogen-bond donors (Lipinski definition) is 1. The average Bonchev–Trinajstić information content (AvgIpc) is 2.30. The summed E-state index contributed by atoms with van der Waals surface area (Å²) >= 11 is 0. The Morgan fingerprint density at radius 3 is 2.73 bits per heavy atom. The van der Waals surface area contributed by atoms with Crippen molar-refractivity contribution in [1.82, 2.24) is 0 Å². The molecule has 0 bridgehead atoms. The molecule has 1 aromatic rings. The van der Waals surface area contributed by atoms with Gasteiger partial charge in [-0.15, -0.1) is 0 Å². The minimum Gasteiger partial charge on any atom is -0.387 e. The third kappa shape index (κ3) is 3.16. The minimum atomic E-state index is -0.499. The van der Waals surface area contributed by atoms with Gasteiger partial charge in [0.2, 0.25) is 0 Å². The molecule has 0 fully saturated rings. The number of aliphatic hydroxyl groups excluding tert-OH is 1. The zero-order chi connectivity index (χ0) is 10.5. The summed E-state index contributed by atoms with van der Waals surface area (Å²) in [4.78, 5) is 0. The van der Waals surface area contributed by atoms with E-state index >= 15 is 0 Å². The van der Waals surface area contributed by atoms with Crippen LogP contribution in [0.3, 0.4) is 0 Å². The van der Waals surface area contributed by atoms with Crippen molar-refractivity contribution < 1.29 is 14.6 Å². The van der Waals surface area contributed by atoms with Crippen LogP contribution in [0.25, 0.3) is 0 Å². The molecule has 3 nitrogen and oxygen atoms in total. The van der Waals surface area contributed by atoms with E-state index in [1.54, 1.807) is 12.2 Å². The highest BCUT2D eigenvalue weighted by molar-refractivity contribution is 5.13. The van der Waals surface area contributed by atoms with Crippen molar-refractivity contribution in [3.8, 4) is 0 Å². The molecule has 0 aromatic heterocycles. The van der Waals surface area contributed by atoms with Gasteiger partial charge in [0.1, 0.15) is 0 Å². The second kappa shape index (κ2) is 5.07. The normalized spacial score (nSPS) is 25.4. The molecule has 1 aliphatic rings. The van der Waals surface area contributed by atoms with Gasteiger partial charge in [0.05, 0.1) is 19.3 Å². The van der Waals surface area contributed by atoms with Crippen molar-refractivity contribution >= 4 is 0 Å². The van der Waals surface area contributed by atoms with Gasteiger partial charge in [-0.3, -0.25) is 0 Å². The molecule has 2 atom stereocenters. The average molecular weight is 206 g/mol. The Kier molecular flexibility index (Phi) is 3.50. The van der Waals surface area contributed by atoms with Gasteiger partial charge in [0.15, 0.2) is 6.29 Å². The maximum atomic E-state index is 9.14. The van der Waals surface area contributed by atoms with Crippen LogP contribution in [0.1, 0.15) is 5.56 Å². The number of rotatable bonds is 3. The molecule has 1 heterocycles. The van der Waals surface area contributed by atoms with E-state index in [0.29, 0.717) is 13.2 Å². The first-order valence-corrected chi connectivity index (χ1v) is 4.98. The predicted octanol–water partition coefficient (Wildman–Crippen LogP) is 1.48. The van der Waals surface area contributed by atoms with Crippen molar-refractivity contribution in [3.05, 3.63) is 48.0 Å². The van der Waals surface area contributed by atoms with Crippen molar-refractivity contribution in [2.24, 2.45) is 0 Å². The predicted molar refractivity (Wildman–Crippen MR) is 56.1 cm³/mol. The Balaban J connectivity index is 1.82. The lowest BCUT2D eigenvalue weighted by molar-refractivity contribution is -0.139. The molecule has 1 aliphatic heterocycles. The van der Waals surface area contributed by atoms with Crippen molar-refractivity contribution in [2.75, 3.05) is 6.61 Å². The smallest absolute Gasteiger partial charge is 0.177 e. The van der Waals surface area contributed by atoms with E-state index < -0.39 is 6.10 Å². The van der Waals surface area contributed by atoms with Gasteiger partial charge in [0.25, 0.3) is 0 Å². The first-order chi connectivity index (χ1) is 7.34. The highest BCUT2D eigenvalue weighted by atomic mass is 16.7. The van der Waals surface area contributed by atoms with E-state index in [-0.39, 0.29) is 6.29 Å². The second-order valence-corrected chi connectivity index (χ2v) is 3.45. The van der Waals surface area contributed by atoms with E-state index in [9.17, 15) is 0 Å². The highest BCUT2D eigenvalue weighted by Gasteiger charge is 2.13. The Labute approximate surface area is 88.9 Å². The quantitative estimate of drug-likeness (QED) is 0.761. The fraction of sp³-hybridized carbons (Fsp3) is 0.333. The van der Waals surface area contributed by atoms with Gasteiger partial charge in [0, 0.05) is 0 Å². The molecule has 0 radical (unpaired) electrons. The summed E-state index contributed by atoms with van der Waals surface area (Å²) in [6, 6.07) is 9.92. The molecule has 0 saturated heterocycles. The zero-order valence-corrected chi connectivity index (χ0v) is 8.37. The monoisotopic (exact) mass is 206 g/mol. The number of aliphatic hydroxyl groups is 1. The van der Waals surface area contributed by atoms with Crippen molar-refractivity contribution in [1.29, 1.82) is 0 Å². The first-order valence-electron chi connectivity index (χ1n) is 4.98. The fourth-order valence-corrected chi connectivity index (χ4v) is 1.38. The molecule has 2 rings (SSSR count). The summed E-state index contributed by atoms with van der Waals surface area (Å²) < 4.78 is 10.8. The molecule has 0 amide bonds. The third-order valence-electron chi connectivity index (χ3n) is 2.18. The van der Waals surface area contributed by atoms with Crippen LogP contribution >= 0.6 is 0 Å². The van der Waals surface area contributed by atoms with Crippen LogP contribution in [0, 0.1) is 0 Å². The topological polar surface area (TPSA) is 38.7 Å². The van der Waals surface area contributed by atoms with Crippen molar-refractivity contribution in [3.63, 3.8) is 0 Å². The van der Waals surface area contributed by atoms with Crippen LogP contribution < -0.4 is 0 Å². The molecule has 0 aliphatic carbocycles. The lowest BCUT2D eigenvalue weighted by atomic mass is 10.2. The van der Waals surface area contributed by atoms with Crippen LogP contribution in [0.4, 0.5) is 0 Å². The van der Waals surface area contributed by atoms with E-state index in [1.807, 2.05) is 30.3 Å². The van der Waals surface area contributed by atoms with Gasteiger partial charge < -0.3 is 14.6 Å². The summed E-state index contributed by atoms with van der Waals surface area (Å²) in [5.74, 6) is 0. The summed E-state index contributed by atoms with van der Waals surface area (Å²) in [5.41, 5.74) is 1.11. The number of ether oxygens (including phenoxy) is 2. The molecule has 15 heavy (non-hydrogen) atoms. The molecular weight excluding hydrogens is 192 g/mol. The van der Waals surface area contributed by atoms with Crippen LogP contribution in [0.5, 0.6) is 0 Å². The molecule has 0 spiro atoms. The van der Waals surface area contributed by atoms with Crippen LogP contribution in [0.15, 0.2) is 42.5 Å². The van der Waals surface area contributed by atoms with Crippen molar-refractivity contribution in [2.45, 2.75) is 19.0 Å². The maximum absolute atomic E-state index is 9.14. The lowest BCUT2D eigenvalue weighted by Crippen LogP contribution is -2.26. The van der Waals surface area contributed by atoms with Crippen LogP contribution in [-0.2, 0) is 16.1 Å². The SMILES string of the molecule is OC1C=C[C@@H](OCc2ccccc2)OC1. The molecule has 1 aromatic carbocycles. The first kappa shape index (κ1) is 10.4. The molecular formula is C12H14O3. The maximum Gasteiger partial charge on any atom is 0.177 e. The van der Waals surface area contributed by atoms with Gasteiger partial charge in [-0.05, 0) is 11.6 Å². The van der Waals surface area contributed by atoms with E-state index in [2.05, 4.69) is 0 Å². The molecule has 0 saturated carbocycles. The number of hydrogen-bond acceptors (Lipinski definition) is 3. The number of benzene rings is 1. The second-order valence-electron chi connectivity index (χ2n) is 3.45. The van der Waals surface area contributed by atoms with Gasteiger partial charge in [-0.2, -0.15) is 0 Å². The fourth-order valence-electron chi connectivity index (χ4n) is 1.38. The summed E-state index contributed by atoms with van der Waals surface area (Å²) in [6.45, 7) is 0.821. The van der Waals surface area contributed by atoms with Crippen LogP contribution in [0.2, 0.25) is 0 Å². The standard InChI is InChI=1S/C12H14O3/c13-11-6-7-12(15-9-11)14-8-10-4-2-1-3-5-10/h1-7,11-13H,8-9H2/t11?,12-/m0/s1. The Bertz CT molecular complexity index is 321. The Morgan fingerprint density at radius 1 is 1.27 bits per heavy atom. The largest absolute Gasteiger partial charge is 0.387 e. The summed E-state index contributed by atoms with van der Waals surface area (Å²) in [6.07, 6.45) is 2.59. The minimum absolute atomic E-state index is 0.302. The summed E-state index contributed by atoms with van der Waals surface area (Å²) in [5, 5.41) is 9.14. The zero-order valence-electron chi connectivity index (χ0n) is 8.37. The molecule has 3 heteroatoms. The van der Waals surface area contributed by atoms with Crippen LogP contribution in [-0.4, -0.2) is 24.1 Å². The highest BCUT2D eigenvalue weighted by Crippen LogP contribution is 2.09. The van der Waals surface area contributed by atoms with E-state index in [4.69, 9.17) is 14.6 Å². The summed E-state index contributed by atoms with van der Waals surface area (Å²) in [7, 11) is 0. The Hall–Kier alpha value is -1.16. The Morgan fingerprint density at radius 2 is 2.07 bits per heavy atom. The van der Waals surface area contributed by atoms with Gasteiger partial charge >= 0.3 is 0 Å². The van der Waals surface area contributed by atoms with Gasteiger partial charge in [-0.25, -0.2) is 0 Å². The van der Waals surface area contributed by atoms with E-state index in [1.165, 1.54) is 0 Å².